The second kappa shape index (κ2) is 4.61. The predicted octanol–water partition coefficient (Wildman–Crippen LogP) is 1.80. The van der Waals surface area contributed by atoms with Gasteiger partial charge in [0.25, 0.3) is 0 Å². The topological polar surface area (TPSA) is 24.7 Å². The van der Waals surface area contributed by atoms with Crippen LogP contribution in [0.5, 0.6) is 0 Å². The third kappa shape index (κ3) is 5.62. The Kier molecular flexibility index (Phi) is 4.48. The van der Waals surface area contributed by atoms with Crippen molar-refractivity contribution in [3.05, 3.63) is 0 Å². The Balaban J connectivity index is 3.84. The zero-order valence-corrected chi connectivity index (χ0v) is 6.89. The minimum atomic E-state index is -1.17. The second-order valence-corrected chi connectivity index (χ2v) is 2.23. The first kappa shape index (κ1) is 8.75. The number of alkyl halides is 1. The Morgan fingerprint density at radius 1 is 1.78 bits per heavy atom. The maximum absolute atomic E-state index is 12.0. The van der Waals surface area contributed by atoms with Gasteiger partial charge >= 0.3 is 0 Å². The number of nitrogens with zero attached hydrogens (tertiary/aromatic N) is 2. The van der Waals surface area contributed by atoms with E-state index in [9.17, 15) is 4.39 Å². The predicted molar refractivity (Wildman–Crippen MR) is 41.3 cm³/mol. The fourth-order valence-electron chi connectivity index (χ4n) is 0.310. The normalized spacial score (nSPS) is 16.7. The first-order valence-corrected chi connectivity index (χ1v) is 3.25. The minimum absolute atomic E-state index is 0.431. The molecule has 0 fully saturated rings. The summed E-state index contributed by atoms with van der Waals surface area (Å²) in [5, 5.41) is 0. The average molecular weight is 195 g/mol. The van der Waals surface area contributed by atoms with Gasteiger partial charge < -0.3 is 0 Å². The van der Waals surface area contributed by atoms with Crippen molar-refractivity contribution >= 4 is 26.8 Å². The summed E-state index contributed by atoms with van der Waals surface area (Å²) < 4.78 is 12.4. The van der Waals surface area contributed by atoms with Crippen molar-refractivity contribution in [3.8, 4) is 0 Å². The molecule has 0 saturated carbocycles. The molecule has 0 rings (SSSR count). The number of hydrogen-bond acceptors (Lipinski definition) is 2. The summed E-state index contributed by atoms with van der Waals surface area (Å²) in [6.07, 6.45) is 0.271. The van der Waals surface area contributed by atoms with Crippen LogP contribution in [0.4, 0.5) is 4.39 Å². The SMILES string of the molecule is C/N=C\C(Br)=N/C(C)F. The molecule has 0 radical (unpaired) electrons. The van der Waals surface area contributed by atoms with E-state index in [4.69, 9.17) is 0 Å². The second-order valence-electron chi connectivity index (χ2n) is 1.41. The van der Waals surface area contributed by atoms with Gasteiger partial charge in [-0.05, 0) is 22.9 Å². The highest BCUT2D eigenvalue weighted by Crippen LogP contribution is 1.94. The van der Waals surface area contributed by atoms with E-state index in [0.29, 0.717) is 4.62 Å². The van der Waals surface area contributed by atoms with E-state index in [-0.39, 0.29) is 0 Å². The molecular formula is C5H8BrFN2. The van der Waals surface area contributed by atoms with E-state index in [2.05, 4.69) is 25.9 Å². The van der Waals surface area contributed by atoms with E-state index in [1.165, 1.54) is 13.1 Å². The number of rotatable bonds is 2. The molecule has 2 nitrogen and oxygen atoms in total. The zero-order valence-electron chi connectivity index (χ0n) is 5.31. The van der Waals surface area contributed by atoms with E-state index < -0.39 is 6.30 Å². The monoisotopic (exact) mass is 194 g/mol. The molecule has 0 aliphatic carbocycles. The number of hydrogen-bond donors (Lipinski definition) is 0. The Morgan fingerprint density at radius 3 is 2.67 bits per heavy atom. The maximum atomic E-state index is 12.0. The molecule has 0 amide bonds. The number of aliphatic imine (C=N–C) groups is 2. The molecule has 1 atom stereocenters. The maximum Gasteiger partial charge on any atom is 0.188 e. The smallest absolute Gasteiger partial charge is 0.188 e. The highest BCUT2D eigenvalue weighted by molar-refractivity contribution is 9.19. The summed E-state index contributed by atoms with van der Waals surface area (Å²) in [5.41, 5.74) is 0. The van der Waals surface area contributed by atoms with Crippen molar-refractivity contribution < 1.29 is 4.39 Å². The van der Waals surface area contributed by atoms with Crippen LogP contribution in [0.2, 0.25) is 0 Å². The molecule has 0 aliphatic heterocycles. The van der Waals surface area contributed by atoms with Crippen molar-refractivity contribution in [2.24, 2.45) is 9.98 Å². The molecule has 9 heavy (non-hydrogen) atoms. The first-order chi connectivity index (χ1) is 4.16. The molecule has 0 heterocycles. The van der Waals surface area contributed by atoms with Gasteiger partial charge in [-0.15, -0.1) is 0 Å². The Labute approximate surface area is 62.0 Å². The number of halogens is 2. The molecule has 0 bridgehead atoms. The van der Waals surface area contributed by atoms with Gasteiger partial charge in [-0.3, -0.25) is 4.99 Å². The van der Waals surface area contributed by atoms with Crippen LogP contribution in [-0.4, -0.2) is 24.2 Å². The first-order valence-electron chi connectivity index (χ1n) is 2.46. The van der Waals surface area contributed by atoms with E-state index in [1.807, 2.05) is 0 Å². The zero-order chi connectivity index (χ0) is 7.28. The highest BCUT2D eigenvalue weighted by atomic mass is 79.9. The van der Waals surface area contributed by atoms with Crippen molar-refractivity contribution in [2.75, 3.05) is 7.05 Å². The van der Waals surface area contributed by atoms with Crippen LogP contribution in [0.15, 0.2) is 9.98 Å². The van der Waals surface area contributed by atoms with Crippen LogP contribution >= 0.6 is 15.9 Å². The van der Waals surface area contributed by atoms with Gasteiger partial charge in [0.05, 0.1) is 6.21 Å². The lowest BCUT2D eigenvalue weighted by atomic mass is 10.7. The lowest BCUT2D eigenvalue weighted by Gasteiger charge is -1.90. The van der Waals surface area contributed by atoms with Crippen LogP contribution in [0, 0.1) is 0 Å². The van der Waals surface area contributed by atoms with Crippen LogP contribution in [-0.2, 0) is 0 Å². The summed E-state index contributed by atoms with van der Waals surface area (Å²) in [5.74, 6) is 0. The Morgan fingerprint density at radius 2 is 2.33 bits per heavy atom. The summed E-state index contributed by atoms with van der Waals surface area (Å²) in [7, 11) is 1.60. The van der Waals surface area contributed by atoms with Crippen molar-refractivity contribution in [3.63, 3.8) is 0 Å². The Bertz CT molecular complexity index is 131. The standard InChI is InChI=1S/C5H8BrFN2/c1-4(7)9-5(6)3-8-2/h3-4H,1-2H3/b8-3-,9-5+. The van der Waals surface area contributed by atoms with Gasteiger partial charge in [-0.1, -0.05) is 0 Å². The molecule has 1 unspecified atom stereocenters. The largest absolute Gasteiger partial charge is 0.294 e. The summed E-state index contributed by atoms with van der Waals surface area (Å²) in [6, 6.07) is 0. The van der Waals surface area contributed by atoms with E-state index in [0.717, 1.165) is 0 Å². The van der Waals surface area contributed by atoms with Gasteiger partial charge in [0.15, 0.2) is 6.30 Å². The van der Waals surface area contributed by atoms with Gasteiger partial charge in [0.1, 0.15) is 4.62 Å². The molecule has 0 aromatic carbocycles. The summed E-state index contributed by atoms with van der Waals surface area (Å²) in [4.78, 5) is 7.10. The molecule has 0 spiro atoms. The van der Waals surface area contributed by atoms with E-state index in [1.54, 1.807) is 7.05 Å². The van der Waals surface area contributed by atoms with Gasteiger partial charge in [0.2, 0.25) is 0 Å². The Hall–Kier alpha value is -0.250. The molecule has 0 aliphatic rings. The molecule has 0 saturated heterocycles. The summed E-state index contributed by atoms with van der Waals surface area (Å²) >= 11 is 3.00. The van der Waals surface area contributed by atoms with Crippen LogP contribution in [0.1, 0.15) is 6.92 Å². The van der Waals surface area contributed by atoms with Gasteiger partial charge in [-0.25, -0.2) is 9.38 Å². The van der Waals surface area contributed by atoms with Gasteiger partial charge in [0, 0.05) is 7.05 Å². The molecular weight excluding hydrogens is 187 g/mol. The minimum Gasteiger partial charge on any atom is -0.294 e. The summed E-state index contributed by atoms with van der Waals surface area (Å²) in [6.45, 7) is 1.35. The lowest BCUT2D eigenvalue weighted by Crippen LogP contribution is -1.94. The van der Waals surface area contributed by atoms with Crippen molar-refractivity contribution in [1.29, 1.82) is 0 Å². The fourth-order valence-corrected chi connectivity index (χ4v) is 0.797. The van der Waals surface area contributed by atoms with Gasteiger partial charge in [-0.2, -0.15) is 0 Å². The fraction of sp³-hybridized carbons (Fsp3) is 0.600. The lowest BCUT2D eigenvalue weighted by molar-refractivity contribution is 0.378. The molecule has 0 aromatic rings. The molecule has 0 aromatic heterocycles. The molecule has 0 N–H and O–H groups in total. The van der Waals surface area contributed by atoms with Crippen LogP contribution < -0.4 is 0 Å². The van der Waals surface area contributed by atoms with Crippen LogP contribution in [0.3, 0.4) is 0 Å². The highest BCUT2D eigenvalue weighted by Gasteiger charge is 1.92. The molecule has 4 heteroatoms. The van der Waals surface area contributed by atoms with Crippen molar-refractivity contribution in [2.45, 2.75) is 13.2 Å². The average Bonchev–Trinajstić information content (AvgIpc) is 1.63. The van der Waals surface area contributed by atoms with E-state index >= 15 is 0 Å². The third-order valence-electron chi connectivity index (χ3n) is 0.537. The van der Waals surface area contributed by atoms with Crippen molar-refractivity contribution in [1.82, 2.24) is 0 Å². The van der Waals surface area contributed by atoms with Crippen LogP contribution in [0.25, 0.3) is 0 Å². The molecule has 52 valence electrons. The quantitative estimate of drug-likeness (QED) is 0.474. The third-order valence-corrected chi connectivity index (χ3v) is 0.946.